The Morgan fingerprint density at radius 1 is 1.50 bits per heavy atom. The van der Waals surface area contributed by atoms with Crippen molar-refractivity contribution in [2.24, 2.45) is 11.7 Å². The zero-order valence-electron chi connectivity index (χ0n) is 8.12. The molecule has 0 aromatic rings. The van der Waals surface area contributed by atoms with Gasteiger partial charge in [-0.2, -0.15) is 11.8 Å². The predicted molar refractivity (Wildman–Crippen MR) is 56.6 cm³/mol. The van der Waals surface area contributed by atoms with Crippen molar-refractivity contribution in [2.45, 2.75) is 19.1 Å². The van der Waals surface area contributed by atoms with E-state index in [1.165, 1.54) is 25.4 Å². The average Bonchev–Trinajstić information content (AvgIpc) is 1.93. The molecule has 0 aromatic heterocycles. The van der Waals surface area contributed by atoms with Crippen LogP contribution in [0.1, 0.15) is 13.8 Å². The molecule has 0 saturated carbocycles. The molecule has 72 valence electrons. The maximum Gasteiger partial charge on any atom is 0.00727 e. The Kier molecular flexibility index (Phi) is 4.40. The van der Waals surface area contributed by atoms with Crippen LogP contribution >= 0.6 is 11.8 Å². The smallest absolute Gasteiger partial charge is 0.00727 e. The molecule has 1 heterocycles. The van der Waals surface area contributed by atoms with Gasteiger partial charge in [-0.15, -0.1) is 0 Å². The zero-order chi connectivity index (χ0) is 8.97. The lowest BCUT2D eigenvalue weighted by Crippen LogP contribution is -2.50. The van der Waals surface area contributed by atoms with E-state index in [1.54, 1.807) is 0 Å². The van der Waals surface area contributed by atoms with E-state index in [9.17, 15) is 0 Å². The Morgan fingerprint density at radius 3 is 2.67 bits per heavy atom. The fourth-order valence-corrected chi connectivity index (χ4v) is 2.26. The summed E-state index contributed by atoms with van der Waals surface area (Å²) < 4.78 is 0. The van der Waals surface area contributed by atoms with Crippen LogP contribution in [-0.2, 0) is 0 Å². The van der Waals surface area contributed by atoms with Crippen molar-refractivity contribution < 1.29 is 0 Å². The van der Waals surface area contributed by atoms with Gasteiger partial charge in [0, 0.05) is 25.4 Å². The molecule has 2 N–H and O–H groups in total. The maximum absolute atomic E-state index is 5.54. The minimum absolute atomic E-state index is 0.775. The first-order valence-electron chi connectivity index (χ1n) is 4.76. The van der Waals surface area contributed by atoms with Gasteiger partial charge >= 0.3 is 0 Å². The van der Waals surface area contributed by atoms with E-state index < -0.39 is 0 Å². The number of hydrogen-bond acceptors (Lipinski definition) is 3. The number of nitrogens with two attached hydrogens (primary N) is 1. The highest BCUT2D eigenvalue weighted by molar-refractivity contribution is 7.99. The molecule has 0 radical (unpaired) electrons. The second kappa shape index (κ2) is 5.10. The van der Waals surface area contributed by atoms with E-state index in [-0.39, 0.29) is 0 Å². The number of likely N-dealkylation sites (tertiary alicyclic amines) is 1. The average molecular weight is 188 g/mol. The second-order valence-corrected chi connectivity index (χ2v) is 5.47. The molecule has 0 bridgehead atoms. The minimum atomic E-state index is 0.775. The Hall–Kier alpha value is 0.270. The second-order valence-electron chi connectivity index (χ2n) is 3.78. The lowest BCUT2D eigenvalue weighted by Gasteiger charge is -2.38. The molecular weight excluding hydrogens is 168 g/mol. The van der Waals surface area contributed by atoms with Gasteiger partial charge in [0.1, 0.15) is 0 Å². The number of hydrogen-bond donors (Lipinski definition) is 1. The summed E-state index contributed by atoms with van der Waals surface area (Å²) in [7, 11) is 0. The van der Waals surface area contributed by atoms with Gasteiger partial charge in [0.15, 0.2) is 0 Å². The van der Waals surface area contributed by atoms with Crippen LogP contribution in [0.4, 0.5) is 0 Å². The summed E-state index contributed by atoms with van der Waals surface area (Å²) in [5.74, 6) is 2.06. The molecular formula is C9H20N2S. The summed E-state index contributed by atoms with van der Waals surface area (Å²) >= 11 is 2.04. The van der Waals surface area contributed by atoms with Crippen molar-refractivity contribution >= 4 is 11.8 Å². The van der Waals surface area contributed by atoms with Gasteiger partial charge in [0.25, 0.3) is 0 Å². The van der Waals surface area contributed by atoms with E-state index in [1.807, 2.05) is 11.8 Å². The van der Waals surface area contributed by atoms with Crippen LogP contribution in [-0.4, -0.2) is 42.1 Å². The summed E-state index contributed by atoms with van der Waals surface area (Å²) in [6.45, 7) is 9.09. The summed E-state index contributed by atoms with van der Waals surface area (Å²) in [6, 6.07) is 0. The minimum Gasteiger partial charge on any atom is -0.330 e. The molecule has 1 fully saturated rings. The van der Waals surface area contributed by atoms with Crippen LogP contribution in [0.15, 0.2) is 0 Å². The Bertz CT molecular complexity index is 122. The summed E-state index contributed by atoms with van der Waals surface area (Å²) in [4.78, 5) is 2.49. The van der Waals surface area contributed by atoms with Gasteiger partial charge in [0.2, 0.25) is 0 Å². The van der Waals surface area contributed by atoms with Crippen molar-refractivity contribution in [2.75, 3.05) is 31.9 Å². The molecule has 0 atom stereocenters. The largest absolute Gasteiger partial charge is 0.330 e. The van der Waals surface area contributed by atoms with Crippen molar-refractivity contribution in [3.05, 3.63) is 0 Å². The van der Waals surface area contributed by atoms with Gasteiger partial charge in [0.05, 0.1) is 0 Å². The van der Waals surface area contributed by atoms with Crippen LogP contribution in [0.3, 0.4) is 0 Å². The highest BCUT2D eigenvalue weighted by atomic mass is 32.2. The quantitative estimate of drug-likeness (QED) is 0.698. The Labute approximate surface area is 79.9 Å². The fraction of sp³-hybridized carbons (Fsp3) is 1.00. The third kappa shape index (κ3) is 3.33. The van der Waals surface area contributed by atoms with E-state index in [2.05, 4.69) is 18.7 Å². The molecule has 12 heavy (non-hydrogen) atoms. The number of rotatable bonds is 5. The highest BCUT2D eigenvalue weighted by Crippen LogP contribution is 2.16. The standard InChI is InChI=1S/C9H20N2S/c1-8(2)12-4-3-11-6-9(5-10)7-11/h8-9H,3-7,10H2,1-2H3. The van der Waals surface area contributed by atoms with E-state index in [4.69, 9.17) is 5.73 Å². The van der Waals surface area contributed by atoms with Crippen molar-refractivity contribution in [1.82, 2.24) is 4.90 Å². The van der Waals surface area contributed by atoms with Crippen LogP contribution in [0.25, 0.3) is 0 Å². The molecule has 2 nitrogen and oxygen atoms in total. The van der Waals surface area contributed by atoms with Crippen molar-refractivity contribution in [3.63, 3.8) is 0 Å². The lowest BCUT2D eigenvalue weighted by atomic mass is 10.0. The Morgan fingerprint density at radius 2 is 2.17 bits per heavy atom. The third-order valence-corrected chi connectivity index (χ3v) is 3.31. The maximum atomic E-state index is 5.54. The molecule has 3 heteroatoms. The van der Waals surface area contributed by atoms with Gasteiger partial charge in [-0.05, 0) is 17.7 Å². The van der Waals surface area contributed by atoms with Crippen molar-refractivity contribution in [3.8, 4) is 0 Å². The van der Waals surface area contributed by atoms with Crippen LogP contribution < -0.4 is 5.73 Å². The zero-order valence-corrected chi connectivity index (χ0v) is 8.94. The third-order valence-electron chi connectivity index (χ3n) is 2.22. The first-order chi connectivity index (χ1) is 5.72. The Balaban J connectivity index is 1.90. The van der Waals surface area contributed by atoms with Crippen LogP contribution in [0.5, 0.6) is 0 Å². The van der Waals surface area contributed by atoms with Crippen LogP contribution in [0, 0.1) is 5.92 Å². The SMILES string of the molecule is CC(C)SCCN1CC(CN)C1. The predicted octanol–water partition coefficient (Wildman–Crippen LogP) is 1.02. The molecule has 1 aliphatic rings. The molecule has 0 aliphatic carbocycles. The summed E-state index contributed by atoms with van der Waals surface area (Å²) in [6.07, 6.45) is 0. The molecule has 0 spiro atoms. The van der Waals surface area contributed by atoms with Gasteiger partial charge in [-0.25, -0.2) is 0 Å². The lowest BCUT2D eigenvalue weighted by molar-refractivity contribution is 0.115. The van der Waals surface area contributed by atoms with Crippen molar-refractivity contribution in [1.29, 1.82) is 0 Å². The molecule has 0 unspecified atom stereocenters. The first kappa shape index (κ1) is 10.4. The first-order valence-corrected chi connectivity index (χ1v) is 5.81. The fourth-order valence-electron chi connectivity index (χ4n) is 1.43. The molecule has 1 saturated heterocycles. The monoisotopic (exact) mass is 188 g/mol. The molecule has 0 aromatic carbocycles. The molecule has 1 aliphatic heterocycles. The topological polar surface area (TPSA) is 29.3 Å². The number of nitrogens with zero attached hydrogens (tertiary/aromatic N) is 1. The van der Waals surface area contributed by atoms with E-state index in [0.29, 0.717) is 0 Å². The van der Waals surface area contributed by atoms with Gasteiger partial charge < -0.3 is 10.6 Å². The number of thioether (sulfide) groups is 1. The summed E-state index contributed by atoms with van der Waals surface area (Å²) in [5.41, 5.74) is 5.54. The summed E-state index contributed by atoms with van der Waals surface area (Å²) in [5, 5.41) is 0.775. The molecule has 1 rings (SSSR count). The van der Waals surface area contributed by atoms with Crippen LogP contribution in [0.2, 0.25) is 0 Å². The van der Waals surface area contributed by atoms with Gasteiger partial charge in [-0.3, -0.25) is 0 Å². The molecule has 0 amide bonds. The normalized spacial score (nSPS) is 20.0. The highest BCUT2D eigenvalue weighted by Gasteiger charge is 2.24. The van der Waals surface area contributed by atoms with E-state index in [0.717, 1.165) is 17.7 Å². The van der Waals surface area contributed by atoms with Gasteiger partial charge in [-0.1, -0.05) is 13.8 Å². The van der Waals surface area contributed by atoms with E-state index >= 15 is 0 Å².